The minimum Gasteiger partial charge on any atom is -0.381 e. The second-order valence-electron chi connectivity index (χ2n) is 5.60. The predicted octanol–water partition coefficient (Wildman–Crippen LogP) is 1.42. The highest BCUT2D eigenvalue weighted by Crippen LogP contribution is 2.33. The Balaban J connectivity index is 0.00000162. The van der Waals surface area contributed by atoms with Gasteiger partial charge in [-0.15, -0.1) is 12.4 Å². The topological polar surface area (TPSA) is 55.6 Å². The third kappa shape index (κ3) is 3.16. The van der Waals surface area contributed by atoms with Gasteiger partial charge in [-0.25, -0.2) is 0 Å². The van der Waals surface area contributed by atoms with Crippen LogP contribution in [0.5, 0.6) is 0 Å². The quantitative estimate of drug-likeness (QED) is 0.830. The van der Waals surface area contributed by atoms with Crippen LogP contribution in [0, 0.1) is 11.3 Å². The van der Waals surface area contributed by atoms with E-state index in [0.717, 1.165) is 32.4 Å². The summed E-state index contributed by atoms with van der Waals surface area (Å²) in [5.74, 6) is 0.900. The van der Waals surface area contributed by atoms with Crippen molar-refractivity contribution in [2.75, 3.05) is 32.8 Å². The van der Waals surface area contributed by atoms with Gasteiger partial charge in [0.15, 0.2) is 0 Å². The van der Waals surface area contributed by atoms with Crippen LogP contribution < -0.4 is 5.73 Å². The fourth-order valence-electron chi connectivity index (χ4n) is 2.98. The Kier molecular flexibility index (Phi) is 5.89. The monoisotopic (exact) mass is 276 g/mol. The summed E-state index contributed by atoms with van der Waals surface area (Å²) in [4.78, 5) is 14.7. The minimum absolute atomic E-state index is 0. The van der Waals surface area contributed by atoms with E-state index in [1.807, 2.05) is 4.90 Å². The van der Waals surface area contributed by atoms with Crippen LogP contribution in [-0.2, 0) is 9.53 Å². The van der Waals surface area contributed by atoms with E-state index in [1.165, 1.54) is 6.42 Å². The average molecular weight is 277 g/mol. The van der Waals surface area contributed by atoms with E-state index in [1.54, 1.807) is 0 Å². The van der Waals surface area contributed by atoms with Crippen LogP contribution in [0.3, 0.4) is 0 Å². The number of amides is 1. The van der Waals surface area contributed by atoms with E-state index in [4.69, 9.17) is 10.5 Å². The Morgan fingerprint density at radius 3 is 2.67 bits per heavy atom. The number of rotatable bonds is 2. The summed E-state index contributed by atoms with van der Waals surface area (Å²) in [5.41, 5.74) is 5.54. The molecule has 2 rings (SSSR count). The first kappa shape index (κ1) is 15.7. The number of ether oxygens (including phenoxy) is 1. The fourth-order valence-corrected chi connectivity index (χ4v) is 2.98. The van der Waals surface area contributed by atoms with Gasteiger partial charge in [-0.1, -0.05) is 6.92 Å². The lowest BCUT2D eigenvalue weighted by atomic mass is 9.78. The van der Waals surface area contributed by atoms with Crippen LogP contribution in [0.2, 0.25) is 0 Å². The second-order valence-corrected chi connectivity index (χ2v) is 5.60. The van der Waals surface area contributed by atoms with Crippen molar-refractivity contribution in [3.8, 4) is 0 Å². The molecule has 0 aromatic carbocycles. The standard InChI is InChI=1S/C13H24N2O2.ClH/c1-11-3-2-6-15(9-11)12(16)13(10-14)4-7-17-8-5-13;/h11H,2-10,14H2,1H3;1H. The first-order chi connectivity index (χ1) is 8.18. The Morgan fingerprint density at radius 2 is 2.11 bits per heavy atom. The highest BCUT2D eigenvalue weighted by molar-refractivity contribution is 5.85. The lowest BCUT2D eigenvalue weighted by Gasteiger charge is -2.41. The van der Waals surface area contributed by atoms with Crippen molar-refractivity contribution in [2.45, 2.75) is 32.6 Å². The number of carbonyl (C=O) groups is 1. The van der Waals surface area contributed by atoms with E-state index < -0.39 is 0 Å². The molecule has 18 heavy (non-hydrogen) atoms. The third-order valence-electron chi connectivity index (χ3n) is 4.24. The number of hydrogen-bond acceptors (Lipinski definition) is 3. The van der Waals surface area contributed by atoms with Crippen molar-refractivity contribution >= 4 is 18.3 Å². The zero-order valence-corrected chi connectivity index (χ0v) is 12.0. The number of halogens is 1. The van der Waals surface area contributed by atoms with Crippen LogP contribution in [0.25, 0.3) is 0 Å². The molecule has 2 saturated heterocycles. The molecule has 1 amide bonds. The van der Waals surface area contributed by atoms with Crippen LogP contribution in [0.15, 0.2) is 0 Å². The summed E-state index contributed by atoms with van der Waals surface area (Å²) < 4.78 is 5.36. The lowest BCUT2D eigenvalue weighted by Crippen LogP contribution is -2.53. The Morgan fingerprint density at radius 1 is 1.44 bits per heavy atom. The van der Waals surface area contributed by atoms with Gasteiger partial charge in [-0.2, -0.15) is 0 Å². The molecule has 2 fully saturated rings. The molecule has 5 heteroatoms. The molecule has 4 nitrogen and oxygen atoms in total. The van der Waals surface area contributed by atoms with E-state index in [-0.39, 0.29) is 23.7 Å². The first-order valence-electron chi connectivity index (χ1n) is 6.75. The Labute approximate surface area is 116 Å². The highest BCUT2D eigenvalue weighted by Gasteiger charge is 2.42. The van der Waals surface area contributed by atoms with Crippen LogP contribution >= 0.6 is 12.4 Å². The van der Waals surface area contributed by atoms with Crippen molar-refractivity contribution in [2.24, 2.45) is 17.1 Å². The molecule has 2 aliphatic rings. The van der Waals surface area contributed by atoms with Crippen LogP contribution in [-0.4, -0.2) is 43.7 Å². The highest BCUT2D eigenvalue weighted by atomic mass is 35.5. The molecular formula is C13H25ClN2O2. The molecule has 0 saturated carbocycles. The first-order valence-corrected chi connectivity index (χ1v) is 6.75. The normalized spacial score (nSPS) is 27.4. The maximum Gasteiger partial charge on any atom is 0.230 e. The average Bonchev–Trinajstić information content (AvgIpc) is 2.38. The molecule has 0 aliphatic carbocycles. The second kappa shape index (κ2) is 6.73. The minimum atomic E-state index is -0.338. The van der Waals surface area contributed by atoms with E-state index >= 15 is 0 Å². The van der Waals surface area contributed by atoms with Gasteiger partial charge in [0.1, 0.15) is 0 Å². The molecule has 0 spiro atoms. The van der Waals surface area contributed by atoms with Crippen molar-refractivity contribution in [3.63, 3.8) is 0 Å². The van der Waals surface area contributed by atoms with Gasteiger partial charge < -0.3 is 15.4 Å². The Bertz CT molecular complexity index is 280. The molecular weight excluding hydrogens is 252 g/mol. The smallest absolute Gasteiger partial charge is 0.230 e. The summed E-state index contributed by atoms with van der Waals surface area (Å²) in [6, 6.07) is 0. The van der Waals surface area contributed by atoms with Crippen molar-refractivity contribution in [1.29, 1.82) is 0 Å². The zero-order valence-electron chi connectivity index (χ0n) is 11.2. The van der Waals surface area contributed by atoms with Gasteiger partial charge >= 0.3 is 0 Å². The predicted molar refractivity (Wildman–Crippen MR) is 73.8 cm³/mol. The maximum atomic E-state index is 12.6. The number of likely N-dealkylation sites (tertiary alicyclic amines) is 1. The van der Waals surface area contributed by atoms with Crippen LogP contribution in [0.4, 0.5) is 0 Å². The van der Waals surface area contributed by atoms with Crippen LogP contribution in [0.1, 0.15) is 32.6 Å². The Hall–Kier alpha value is -0.320. The molecule has 2 aliphatic heterocycles. The largest absolute Gasteiger partial charge is 0.381 e. The third-order valence-corrected chi connectivity index (χ3v) is 4.24. The molecule has 0 radical (unpaired) electrons. The molecule has 0 aromatic heterocycles. The summed E-state index contributed by atoms with van der Waals surface area (Å²) >= 11 is 0. The number of nitrogens with two attached hydrogens (primary N) is 1. The molecule has 1 unspecified atom stereocenters. The number of piperidine rings is 1. The molecule has 106 valence electrons. The fraction of sp³-hybridized carbons (Fsp3) is 0.923. The summed E-state index contributed by atoms with van der Waals surface area (Å²) in [6.45, 7) is 5.84. The maximum absolute atomic E-state index is 12.6. The van der Waals surface area contributed by atoms with Crippen molar-refractivity contribution in [1.82, 2.24) is 4.90 Å². The zero-order chi connectivity index (χ0) is 12.3. The van der Waals surface area contributed by atoms with Gasteiger partial charge in [-0.05, 0) is 31.6 Å². The number of carbonyl (C=O) groups excluding carboxylic acids is 1. The number of hydrogen-bond donors (Lipinski definition) is 1. The molecule has 0 bridgehead atoms. The molecule has 2 heterocycles. The lowest BCUT2D eigenvalue weighted by molar-refractivity contribution is -0.149. The summed E-state index contributed by atoms with van der Waals surface area (Å²) in [6.07, 6.45) is 3.94. The van der Waals surface area contributed by atoms with E-state index in [0.29, 0.717) is 25.7 Å². The van der Waals surface area contributed by atoms with Gasteiger partial charge in [-0.3, -0.25) is 4.79 Å². The van der Waals surface area contributed by atoms with Gasteiger partial charge in [0, 0.05) is 32.8 Å². The van der Waals surface area contributed by atoms with Gasteiger partial charge in [0.25, 0.3) is 0 Å². The SMILES string of the molecule is CC1CCCN(C(=O)C2(CN)CCOCC2)C1.Cl. The van der Waals surface area contributed by atoms with Crippen molar-refractivity contribution < 1.29 is 9.53 Å². The van der Waals surface area contributed by atoms with E-state index in [9.17, 15) is 4.79 Å². The van der Waals surface area contributed by atoms with Gasteiger partial charge in [0.2, 0.25) is 5.91 Å². The molecule has 0 aromatic rings. The van der Waals surface area contributed by atoms with Gasteiger partial charge in [0.05, 0.1) is 5.41 Å². The summed E-state index contributed by atoms with van der Waals surface area (Å²) in [5, 5.41) is 0. The van der Waals surface area contributed by atoms with Crippen molar-refractivity contribution in [3.05, 3.63) is 0 Å². The number of nitrogens with zero attached hydrogens (tertiary/aromatic N) is 1. The van der Waals surface area contributed by atoms with E-state index in [2.05, 4.69) is 6.92 Å². The molecule has 1 atom stereocenters. The summed E-state index contributed by atoms with van der Waals surface area (Å²) in [7, 11) is 0. The molecule has 2 N–H and O–H groups in total.